The van der Waals surface area contributed by atoms with Gasteiger partial charge in [0.2, 0.25) is 0 Å². The number of carbonyl (C=O) groups is 2. The fourth-order valence-corrected chi connectivity index (χ4v) is 3.90. The number of para-hydroxylation sites is 2. The molecule has 2 amide bonds. The molecule has 3 aromatic rings. The van der Waals surface area contributed by atoms with Crippen LogP contribution >= 0.6 is 11.8 Å². The monoisotopic (exact) mass is 436 g/mol. The van der Waals surface area contributed by atoms with Crippen LogP contribution in [-0.2, 0) is 4.79 Å². The van der Waals surface area contributed by atoms with Crippen molar-refractivity contribution in [3.63, 3.8) is 0 Å². The van der Waals surface area contributed by atoms with Crippen molar-refractivity contribution in [3.05, 3.63) is 81.4 Å². The summed E-state index contributed by atoms with van der Waals surface area (Å²) in [7, 11) is 0. The van der Waals surface area contributed by atoms with Crippen LogP contribution < -0.4 is 9.64 Å². The molecule has 1 aliphatic heterocycles. The zero-order valence-corrected chi connectivity index (χ0v) is 17.1. The van der Waals surface area contributed by atoms with Crippen LogP contribution in [0.15, 0.2) is 70.0 Å². The van der Waals surface area contributed by atoms with Crippen LogP contribution in [0.3, 0.4) is 0 Å². The van der Waals surface area contributed by atoms with E-state index in [0.29, 0.717) is 35.1 Å². The Bertz CT molecular complexity index is 1220. The van der Waals surface area contributed by atoms with E-state index in [2.05, 4.69) is 0 Å². The molecule has 8 nitrogen and oxygen atoms in total. The number of anilines is 1. The highest BCUT2D eigenvalue weighted by Gasteiger charge is 2.38. The Hall–Kier alpha value is -3.85. The molecule has 0 atom stereocenters. The quantitative estimate of drug-likeness (QED) is 0.286. The maximum Gasteiger partial charge on any atom is 0.298 e. The molecule has 1 saturated heterocycles. The Morgan fingerprint density at radius 2 is 1.94 bits per heavy atom. The summed E-state index contributed by atoms with van der Waals surface area (Å²) in [5, 5.41) is 10.5. The molecule has 156 valence electrons. The van der Waals surface area contributed by atoms with Crippen molar-refractivity contribution in [2.45, 2.75) is 6.92 Å². The maximum absolute atomic E-state index is 12.9. The smallest absolute Gasteiger partial charge is 0.298 e. The summed E-state index contributed by atoms with van der Waals surface area (Å²) in [6.07, 6.45) is 1.48. The van der Waals surface area contributed by atoms with Crippen molar-refractivity contribution in [1.29, 1.82) is 0 Å². The fourth-order valence-electron chi connectivity index (χ4n) is 3.08. The number of hydrogen-bond donors (Lipinski definition) is 0. The van der Waals surface area contributed by atoms with Crippen LogP contribution in [-0.4, -0.2) is 22.7 Å². The predicted molar refractivity (Wildman–Crippen MR) is 117 cm³/mol. The highest BCUT2D eigenvalue weighted by atomic mass is 32.2. The molecule has 4 rings (SSSR count). The summed E-state index contributed by atoms with van der Waals surface area (Å²) in [4.78, 5) is 37.2. The summed E-state index contributed by atoms with van der Waals surface area (Å²) in [5.74, 6) is 0.732. The van der Waals surface area contributed by atoms with Gasteiger partial charge in [0.05, 0.1) is 22.1 Å². The number of nitro benzene ring substituents is 1. The van der Waals surface area contributed by atoms with Gasteiger partial charge in [-0.25, -0.2) is 4.90 Å². The normalized spacial score (nSPS) is 15.0. The second kappa shape index (κ2) is 8.49. The van der Waals surface area contributed by atoms with Gasteiger partial charge < -0.3 is 9.15 Å². The number of benzene rings is 2. The average molecular weight is 436 g/mol. The number of non-ortho nitro benzene ring substituents is 1. The lowest BCUT2D eigenvalue weighted by atomic mass is 10.1. The second-order valence-electron chi connectivity index (χ2n) is 6.43. The molecule has 1 aliphatic rings. The number of thioether (sulfide) groups is 1. The predicted octanol–water partition coefficient (Wildman–Crippen LogP) is 5.49. The van der Waals surface area contributed by atoms with Crippen molar-refractivity contribution in [2.75, 3.05) is 11.5 Å². The van der Waals surface area contributed by atoms with Crippen molar-refractivity contribution < 1.29 is 23.7 Å². The van der Waals surface area contributed by atoms with Crippen molar-refractivity contribution in [3.8, 4) is 17.1 Å². The van der Waals surface area contributed by atoms with E-state index < -0.39 is 16.1 Å². The van der Waals surface area contributed by atoms with Gasteiger partial charge >= 0.3 is 0 Å². The zero-order valence-electron chi connectivity index (χ0n) is 16.3. The first-order valence-corrected chi connectivity index (χ1v) is 10.1. The summed E-state index contributed by atoms with van der Waals surface area (Å²) >= 11 is 0.803. The molecule has 0 spiro atoms. The summed E-state index contributed by atoms with van der Waals surface area (Å²) in [6, 6.07) is 16.2. The van der Waals surface area contributed by atoms with E-state index in [1.807, 2.05) is 6.92 Å². The minimum Gasteiger partial charge on any atom is -0.492 e. The average Bonchev–Trinajstić information content (AvgIpc) is 3.33. The van der Waals surface area contributed by atoms with Crippen LogP contribution in [0, 0.1) is 10.1 Å². The summed E-state index contributed by atoms with van der Waals surface area (Å²) < 4.78 is 11.3. The molecule has 0 N–H and O–H groups in total. The lowest BCUT2D eigenvalue weighted by Gasteiger charge is -2.16. The molecular weight excluding hydrogens is 420 g/mol. The second-order valence-corrected chi connectivity index (χ2v) is 7.42. The lowest BCUT2D eigenvalue weighted by Crippen LogP contribution is -2.28. The Balaban J connectivity index is 1.61. The number of imide groups is 1. The first-order valence-electron chi connectivity index (χ1n) is 9.32. The van der Waals surface area contributed by atoms with Gasteiger partial charge in [-0.05, 0) is 43.0 Å². The molecule has 2 heterocycles. The molecule has 1 fully saturated rings. The molecule has 0 unspecified atom stereocenters. The Labute approximate surface area is 181 Å². The Kier molecular flexibility index (Phi) is 5.59. The number of furan rings is 1. The lowest BCUT2D eigenvalue weighted by molar-refractivity contribution is -0.384. The van der Waals surface area contributed by atoms with Crippen molar-refractivity contribution in [1.82, 2.24) is 0 Å². The minimum atomic E-state index is -0.483. The standard InChI is InChI=1S/C22H16N2O6S/c1-2-29-19-9-4-3-8-17(19)23-21(25)20(31-22(23)26)13-16-10-11-18(30-16)14-6-5-7-15(12-14)24(27)28/h3-13H,2H2,1H3/b20-13+. The van der Waals surface area contributed by atoms with Gasteiger partial charge in [-0.3, -0.25) is 19.7 Å². The number of rotatable bonds is 6. The zero-order chi connectivity index (χ0) is 22.0. The SMILES string of the molecule is CCOc1ccccc1N1C(=O)S/C(=C/c2ccc(-c3cccc([N+](=O)[O-])c3)o2)C1=O. The number of hydrogen-bond acceptors (Lipinski definition) is 7. The number of amides is 2. The van der Waals surface area contributed by atoms with Crippen LogP contribution in [0.2, 0.25) is 0 Å². The van der Waals surface area contributed by atoms with E-state index >= 15 is 0 Å². The van der Waals surface area contributed by atoms with Crippen LogP contribution in [0.1, 0.15) is 12.7 Å². The number of nitro groups is 1. The van der Waals surface area contributed by atoms with Crippen molar-refractivity contribution >= 4 is 40.4 Å². The molecular formula is C22H16N2O6S. The van der Waals surface area contributed by atoms with Gasteiger partial charge in [-0.15, -0.1) is 0 Å². The van der Waals surface area contributed by atoms with Gasteiger partial charge in [0, 0.05) is 23.8 Å². The Morgan fingerprint density at radius 3 is 2.71 bits per heavy atom. The Morgan fingerprint density at radius 1 is 1.13 bits per heavy atom. The topological polar surface area (TPSA) is 103 Å². The van der Waals surface area contributed by atoms with Gasteiger partial charge in [0.1, 0.15) is 17.3 Å². The number of nitrogens with zero attached hydrogens (tertiary/aromatic N) is 2. The van der Waals surface area contributed by atoms with E-state index in [0.717, 1.165) is 16.7 Å². The molecule has 0 aliphatic carbocycles. The summed E-state index contributed by atoms with van der Waals surface area (Å²) in [5.41, 5.74) is 0.865. The maximum atomic E-state index is 12.9. The molecule has 0 radical (unpaired) electrons. The van der Waals surface area contributed by atoms with E-state index in [1.165, 1.54) is 18.2 Å². The first kappa shape index (κ1) is 20.4. The van der Waals surface area contributed by atoms with Crippen LogP contribution in [0.4, 0.5) is 16.2 Å². The van der Waals surface area contributed by atoms with Gasteiger partial charge in [0.25, 0.3) is 16.8 Å². The summed E-state index contributed by atoms with van der Waals surface area (Å²) in [6.45, 7) is 2.22. The number of ether oxygens (including phenoxy) is 1. The highest BCUT2D eigenvalue weighted by Crippen LogP contribution is 2.40. The van der Waals surface area contributed by atoms with Gasteiger partial charge in [-0.2, -0.15) is 0 Å². The third kappa shape index (κ3) is 4.08. The molecule has 1 aromatic heterocycles. The van der Waals surface area contributed by atoms with E-state index in [1.54, 1.807) is 48.5 Å². The van der Waals surface area contributed by atoms with Gasteiger partial charge in [-0.1, -0.05) is 24.3 Å². The van der Waals surface area contributed by atoms with E-state index in [4.69, 9.17) is 9.15 Å². The molecule has 9 heteroatoms. The minimum absolute atomic E-state index is 0.0514. The molecule has 31 heavy (non-hydrogen) atoms. The van der Waals surface area contributed by atoms with Crippen LogP contribution in [0.25, 0.3) is 17.4 Å². The fraction of sp³-hybridized carbons (Fsp3) is 0.0909. The van der Waals surface area contributed by atoms with Crippen molar-refractivity contribution in [2.24, 2.45) is 0 Å². The highest BCUT2D eigenvalue weighted by molar-refractivity contribution is 8.19. The molecule has 0 bridgehead atoms. The molecule has 2 aromatic carbocycles. The van der Waals surface area contributed by atoms with Gasteiger partial charge in [0.15, 0.2) is 0 Å². The molecule has 0 saturated carbocycles. The van der Waals surface area contributed by atoms with Crippen LogP contribution in [0.5, 0.6) is 5.75 Å². The van der Waals surface area contributed by atoms with E-state index in [-0.39, 0.29) is 10.6 Å². The van der Waals surface area contributed by atoms with E-state index in [9.17, 15) is 19.7 Å². The third-order valence-electron chi connectivity index (χ3n) is 4.44. The third-order valence-corrected chi connectivity index (χ3v) is 5.31. The number of carbonyl (C=O) groups excluding carboxylic acids is 2. The first-order chi connectivity index (χ1) is 15.0. The largest absolute Gasteiger partial charge is 0.492 e.